The van der Waals surface area contributed by atoms with Crippen LogP contribution in [-0.2, 0) is 4.79 Å². The van der Waals surface area contributed by atoms with Crippen molar-refractivity contribution in [2.75, 3.05) is 6.54 Å². The van der Waals surface area contributed by atoms with Crippen molar-refractivity contribution in [3.05, 3.63) is 0 Å². The van der Waals surface area contributed by atoms with E-state index in [-0.39, 0.29) is 6.42 Å². The Bertz CT molecular complexity index is 157. The van der Waals surface area contributed by atoms with Crippen LogP contribution in [0, 0.1) is 0 Å². The molecule has 0 aromatic rings. The Kier molecular flexibility index (Phi) is 4.02. The number of rotatable bonds is 4. The zero-order chi connectivity index (χ0) is 9.78. The van der Waals surface area contributed by atoms with Crippen LogP contribution in [0.3, 0.4) is 0 Å². The van der Waals surface area contributed by atoms with Gasteiger partial charge in [0.25, 0.3) is 0 Å². The number of hydrogen-bond acceptors (Lipinski definition) is 2. The van der Waals surface area contributed by atoms with E-state index in [1.165, 1.54) is 6.92 Å². The standard InChI is InChI=1S/C6H11F3N2O/c1-4(2-5(10)12)11-3-6(7,8)9/h4,11H,2-3H2,1H3,(H2,10,12). The Hall–Kier alpha value is -0.780. The summed E-state index contributed by atoms with van der Waals surface area (Å²) in [4.78, 5) is 10.2. The van der Waals surface area contributed by atoms with Gasteiger partial charge in [-0.1, -0.05) is 0 Å². The number of hydrogen-bond donors (Lipinski definition) is 2. The molecule has 3 N–H and O–H groups in total. The topological polar surface area (TPSA) is 55.1 Å². The third-order valence-electron chi connectivity index (χ3n) is 1.16. The average molecular weight is 184 g/mol. The fourth-order valence-electron chi connectivity index (χ4n) is 0.664. The molecule has 0 radical (unpaired) electrons. The van der Waals surface area contributed by atoms with Gasteiger partial charge in [-0.2, -0.15) is 13.2 Å². The highest BCUT2D eigenvalue weighted by molar-refractivity contribution is 5.74. The maximum atomic E-state index is 11.6. The smallest absolute Gasteiger partial charge is 0.370 e. The average Bonchev–Trinajstić information content (AvgIpc) is 1.80. The molecule has 1 unspecified atom stereocenters. The van der Waals surface area contributed by atoms with Gasteiger partial charge in [0.05, 0.1) is 6.54 Å². The summed E-state index contributed by atoms with van der Waals surface area (Å²) in [6.07, 6.45) is -4.33. The molecule has 72 valence electrons. The molecule has 0 fully saturated rings. The molecule has 0 aromatic heterocycles. The van der Waals surface area contributed by atoms with Crippen molar-refractivity contribution >= 4 is 5.91 Å². The van der Waals surface area contributed by atoms with Gasteiger partial charge in [0.2, 0.25) is 5.91 Å². The van der Waals surface area contributed by atoms with E-state index in [9.17, 15) is 18.0 Å². The summed E-state index contributed by atoms with van der Waals surface area (Å²) in [7, 11) is 0. The molecule has 0 aliphatic heterocycles. The van der Waals surface area contributed by atoms with Gasteiger partial charge in [-0.3, -0.25) is 4.79 Å². The molecule has 6 heteroatoms. The van der Waals surface area contributed by atoms with Gasteiger partial charge in [0.15, 0.2) is 0 Å². The first-order valence-corrected chi connectivity index (χ1v) is 3.39. The molecule has 0 rings (SSSR count). The van der Waals surface area contributed by atoms with Crippen molar-refractivity contribution in [3.63, 3.8) is 0 Å². The van der Waals surface area contributed by atoms with Crippen LogP contribution in [0.15, 0.2) is 0 Å². The lowest BCUT2D eigenvalue weighted by molar-refractivity contribution is -0.128. The Morgan fingerprint density at radius 2 is 2.08 bits per heavy atom. The lowest BCUT2D eigenvalue weighted by Gasteiger charge is -2.13. The van der Waals surface area contributed by atoms with Gasteiger partial charge >= 0.3 is 6.18 Å². The van der Waals surface area contributed by atoms with Crippen molar-refractivity contribution < 1.29 is 18.0 Å². The number of alkyl halides is 3. The molecule has 0 heterocycles. The first kappa shape index (κ1) is 11.2. The third kappa shape index (κ3) is 7.33. The Morgan fingerprint density at radius 1 is 1.58 bits per heavy atom. The molecule has 0 aromatic carbocycles. The zero-order valence-corrected chi connectivity index (χ0v) is 6.61. The molecule has 1 amide bonds. The number of nitrogens with two attached hydrogens (primary N) is 1. The van der Waals surface area contributed by atoms with E-state index >= 15 is 0 Å². The summed E-state index contributed by atoms with van der Waals surface area (Å²) >= 11 is 0. The summed E-state index contributed by atoms with van der Waals surface area (Å²) < 4.78 is 34.7. The van der Waals surface area contributed by atoms with Crippen LogP contribution < -0.4 is 11.1 Å². The third-order valence-corrected chi connectivity index (χ3v) is 1.16. The Balaban J connectivity index is 3.57. The van der Waals surface area contributed by atoms with Crippen LogP contribution in [-0.4, -0.2) is 24.7 Å². The normalized spacial score (nSPS) is 14.3. The number of carbonyl (C=O) groups is 1. The van der Waals surface area contributed by atoms with Crippen LogP contribution >= 0.6 is 0 Å². The molecule has 0 spiro atoms. The second kappa shape index (κ2) is 4.30. The molecular formula is C6H11F3N2O. The SMILES string of the molecule is CC(CC(N)=O)NCC(F)(F)F. The summed E-state index contributed by atoms with van der Waals surface area (Å²) in [6, 6.07) is -0.538. The van der Waals surface area contributed by atoms with E-state index in [1.807, 2.05) is 0 Å². The van der Waals surface area contributed by atoms with E-state index in [1.54, 1.807) is 0 Å². The quantitative estimate of drug-likeness (QED) is 0.664. The van der Waals surface area contributed by atoms with Gasteiger partial charge in [0.1, 0.15) is 0 Å². The highest BCUT2D eigenvalue weighted by Crippen LogP contribution is 2.12. The summed E-state index contributed by atoms with van der Waals surface area (Å²) in [5.41, 5.74) is 4.77. The molecule has 1 atom stereocenters. The largest absolute Gasteiger partial charge is 0.401 e. The van der Waals surface area contributed by atoms with E-state index in [0.717, 1.165) is 0 Å². The number of primary amides is 1. The zero-order valence-electron chi connectivity index (χ0n) is 6.61. The fourth-order valence-corrected chi connectivity index (χ4v) is 0.664. The van der Waals surface area contributed by atoms with Crippen LogP contribution in [0.1, 0.15) is 13.3 Å². The van der Waals surface area contributed by atoms with E-state index in [4.69, 9.17) is 5.73 Å². The monoisotopic (exact) mass is 184 g/mol. The number of amides is 1. The van der Waals surface area contributed by atoms with Crippen molar-refractivity contribution in [2.45, 2.75) is 25.6 Å². The first-order valence-electron chi connectivity index (χ1n) is 3.39. The van der Waals surface area contributed by atoms with Crippen LogP contribution in [0.5, 0.6) is 0 Å². The molecule has 0 bridgehead atoms. The second-order valence-corrected chi connectivity index (χ2v) is 2.57. The van der Waals surface area contributed by atoms with Crippen LogP contribution in [0.4, 0.5) is 13.2 Å². The maximum absolute atomic E-state index is 11.6. The first-order chi connectivity index (χ1) is 5.31. The second-order valence-electron chi connectivity index (χ2n) is 2.57. The minimum absolute atomic E-state index is 0.0872. The minimum atomic E-state index is -4.24. The molecule has 0 aliphatic rings. The molecule has 12 heavy (non-hydrogen) atoms. The predicted octanol–water partition coefficient (Wildman–Crippen LogP) is 0.402. The van der Waals surface area contributed by atoms with Gasteiger partial charge < -0.3 is 11.1 Å². The van der Waals surface area contributed by atoms with Crippen LogP contribution in [0.25, 0.3) is 0 Å². The Morgan fingerprint density at radius 3 is 2.42 bits per heavy atom. The van der Waals surface area contributed by atoms with Gasteiger partial charge in [-0.05, 0) is 6.92 Å². The Labute approximate surface area is 68.1 Å². The highest BCUT2D eigenvalue weighted by Gasteiger charge is 2.27. The fraction of sp³-hybridized carbons (Fsp3) is 0.833. The predicted molar refractivity (Wildman–Crippen MR) is 37.3 cm³/mol. The van der Waals surface area contributed by atoms with Gasteiger partial charge in [-0.15, -0.1) is 0 Å². The summed E-state index contributed by atoms with van der Waals surface area (Å²) in [5.74, 6) is -0.614. The molecule has 3 nitrogen and oxygen atoms in total. The molecular weight excluding hydrogens is 173 g/mol. The molecule has 0 aliphatic carbocycles. The summed E-state index contributed by atoms with van der Waals surface area (Å²) in [5, 5.41) is 2.13. The van der Waals surface area contributed by atoms with Crippen LogP contribution in [0.2, 0.25) is 0 Å². The maximum Gasteiger partial charge on any atom is 0.401 e. The molecule has 0 saturated heterocycles. The van der Waals surface area contributed by atoms with E-state index < -0.39 is 24.7 Å². The minimum Gasteiger partial charge on any atom is -0.370 e. The summed E-state index contributed by atoms with van der Waals surface area (Å²) in [6.45, 7) is 0.373. The lowest BCUT2D eigenvalue weighted by atomic mass is 10.2. The highest BCUT2D eigenvalue weighted by atomic mass is 19.4. The van der Waals surface area contributed by atoms with E-state index in [2.05, 4.69) is 5.32 Å². The van der Waals surface area contributed by atoms with E-state index in [0.29, 0.717) is 0 Å². The number of nitrogens with one attached hydrogen (secondary N) is 1. The number of carbonyl (C=O) groups excluding carboxylic acids is 1. The van der Waals surface area contributed by atoms with Crippen molar-refractivity contribution in [2.24, 2.45) is 5.73 Å². The molecule has 0 saturated carbocycles. The van der Waals surface area contributed by atoms with Crippen molar-refractivity contribution in [1.29, 1.82) is 0 Å². The van der Waals surface area contributed by atoms with Crippen molar-refractivity contribution in [1.82, 2.24) is 5.32 Å². The van der Waals surface area contributed by atoms with Crippen molar-refractivity contribution in [3.8, 4) is 0 Å². The van der Waals surface area contributed by atoms with Gasteiger partial charge in [0, 0.05) is 12.5 Å². The van der Waals surface area contributed by atoms with Gasteiger partial charge in [-0.25, -0.2) is 0 Å². The number of halogens is 3. The lowest BCUT2D eigenvalue weighted by Crippen LogP contribution is -2.37.